The Bertz CT molecular complexity index is 1070. The van der Waals surface area contributed by atoms with Crippen LogP contribution in [-0.4, -0.2) is 34.4 Å². The highest BCUT2D eigenvalue weighted by Gasteiger charge is 2.32. The summed E-state index contributed by atoms with van der Waals surface area (Å²) in [7, 11) is 0. The number of benzene rings is 2. The molecule has 0 bridgehead atoms. The SMILES string of the molecule is O=C(CCN1C(=O)C(=Cc2ccc3c(c2)OCO3)SC1=S)Nc1cc(Cl)cc(Cl)c1. The van der Waals surface area contributed by atoms with Crippen molar-refractivity contribution in [3.63, 3.8) is 0 Å². The zero-order chi connectivity index (χ0) is 21.3. The zero-order valence-corrected chi connectivity index (χ0v) is 18.5. The van der Waals surface area contributed by atoms with Crippen molar-refractivity contribution in [2.24, 2.45) is 0 Å². The topological polar surface area (TPSA) is 67.9 Å². The normalized spacial score (nSPS) is 16.5. The fourth-order valence-corrected chi connectivity index (χ4v) is 4.74. The van der Waals surface area contributed by atoms with Gasteiger partial charge < -0.3 is 14.8 Å². The van der Waals surface area contributed by atoms with Crippen LogP contribution >= 0.6 is 47.2 Å². The Morgan fingerprint density at radius 3 is 2.67 bits per heavy atom. The predicted octanol–water partition coefficient (Wildman–Crippen LogP) is 4.95. The van der Waals surface area contributed by atoms with Crippen molar-refractivity contribution in [3.05, 3.63) is 56.9 Å². The summed E-state index contributed by atoms with van der Waals surface area (Å²) in [6.45, 7) is 0.355. The molecule has 6 nitrogen and oxygen atoms in total. The molecular weight excluding hydrogens is 467 g/mol. The lowest BCUT2D eigenvalue weighted by Crippen LogP contribution is -2.31. The maximum absolute atomic E-state index is 12.7. The van der Waals surface area contributed by atoms with Gasteiger partial charge in [-0.05, 0) is 42.0 Å². The first-order chi connectivity index (χ1) is 14.4. The van der Waals surface area contributed by atoms with Crippen LogP contribution in [0.2, 0.25) is 10.0 Å². The van der Waals surface area contributed by atoms with Crippen LogP contribution in [0.3, 0.4) is 0 Å². The van der Waals surface area contributed by atoms with Crippen molar-refractivity contribution in [3.8, 4) is 11.5 Å². The fourth-order valence-electron chi connectivity index (χ4n) is 2.91. The number of nitrogens with zero attached hydrogens (tertiary/aromatic N) is 1. The van der Waals surface area contributed by atoms with Gasteiger partial charge in [0.2, 0.25) is 12.7 Å². The number of carbonyl (C=O) groups excluding carboxylic acids is 2. The molecule has 2 aromatic rings. The molecule has 2 aliphatic heterocycles. The fraction of sp³-hybridized carbons (Fsp3) is 0.150. The van der Waals surface area contributed by atoms with Gasteiger partial charge in [0.1, 0.15) is 4.32 Å². The number of rotatable bonds is 5. The predicted molar refractivity (Wildman–Crippen MR) is 122 cm³/mol. The van der Waals surface area contributed by atoms with Crippen molar-refractivity contribution < 1.29 is 19.1 Å². The van der Waals surface area contributed by atoms with Gasteiger partial charge in [0.05, 0.1) is 4.91 Å². The van der Waals surface area contributed by atoms with E-state index in [1.165, 1.54) is 16.7 Å². The third-order valence-corrected chi connectivity index (χ3v) is 6.09. The molecule has 2 aromatic carbocycles. The molecule has 30 heavy (non-hydrogen) atoms. The van der Waals surface area contributed by atoms with E-state index < -0.39 is 0 Å². The van der Waals surface area contributed by atoms with Crippen LogP contribution in [0.15, 0.2) is 41.3 Å². The summed E-state index contributed by atoms with van der Waals surface area (Å²) < 4.78 is 11.1. The minimum Gasteiger partial charge on any atom is -0.454 e. The number of carbonyl (C=O) groups is 2. The molecule has 10 heteroatoms. The molecule has 4 rings (SSSR count). The summed E-state index contributed by atoms with van der Waals surface area (Å²) in [6, 6.07) is 10.2. The average molecular weight is 481 g/mol. The highest BCUT2D eigenvalue weighted by Crippen LogP contribution is 2.36. The molecule has 0 aliphatic carbocycles. The Morgan fingerprint density at radius 1 is 1.17 bits per heavy atom. The number of hydrogen-bond donors (Lipinski definition) is 1. The molecule has 0 aromatic heterocycles. The van der Waals surface area contributed by atoms with Crippen LogP contribution in [0.1, 0.15) is 12.0 Å². The van der Waals surface area contributed by atoms with Gasteiger partial charge in [0.15, 0.2) is 11.5 Å². The number of fused-ring (bicyclic) bond motifs is 1. The Hall–Kier alpha value is -2.26. The Kier molecular flexibility index (Phi) is 6.19. The smallest absolute Gasteiger partial charge is 0.266 e. The van der Waals surface area contributed by atoms with Crippen LogP contribution in [0, 0.1) is 0 Å². The van der Waals surface area contributed by atoms with Gasteiger partial charge in [0, 0.05) is 28.7 Å². The molecule has 0 saturated carbocycles. The lowest BCUT2D eigenvalue weighted by Gasteiger charge is -2.14. The molecule has 1 fully saturated rings. The summed E-state index contributed by atoms with van der Waals surface area (Å²) in [6.07, 6.45) is 1.82. The first-order valence-electron chi connectivity index (χ1n) is 8.80. The van der Waals surface area contributed by atoms with Gasteiger partial charge in [-0.1, -0.05) is 53.2 Å². The Morgan fingerprint density at radius 2 is 1.90 bits per heavy atom. The summed E-state index contributed by atoms with van der Waals surface area (Å²) in [5, 5.41) is 3.56. The summed E-state index contributed by atoms with van der Waals surface area (Å²) in [4.78, 5) is 26.9. The first kappa shape index (κ1) is 21.0. The maximum Gasteiger partial charge on any atom is 0.266 e. The van der Waals surface area contributed by atoms with E-state index in [-0.39, 0.29) is 31.6 Å². The number of ether oxygens (including phenoxy) is 2. The number of hydrogen-bond acceptors (Lipinski definition) is 6. The van der Waals surface area contributed by atoms with Crippen LogP contribution in [0.25, 0.3) is 6.08 Å². The van der Waals surface area contributed by atoms with E-state index in [2.05, 4.69) is 5.32 Å². The van der Waals surface area contributed by atoms with Crippen molar-refractivity contribution in [1.82, 2.24) is 4.90 Å². The number of anilines is 1. The molecule has 0 atom stereocenters. The van der Waals surface area contributed by atoms with Gasteiger partial charge in [-0.25, -0.2) is 0 Å². The molecule has 154 valence electrons. The monoisotopic (exact) mass is 480 g/mol. The van der Waals surface area contributed by atoms with Crippen molar-refractivity contribution in [2.75, 3.05) is 18.7 Å². The Labute approximate surface area is 192 Å². The third-order valence-electron chi connectivity index (χ3n) is 4.28. The zero-order valence-electron chi connectivity index (χ0n) is 15.3. The molecule has 0 spiro atoms. The number of amides is 2. The molecule has 2 aliphatic rings. The molecular formula is C20H14Cl2N2O4S2. The summed E-state index contributed by atoms with van der Waals surface area (Å²) >= 11 is 18.4. The number of thiocarbonyl (C=S) groups is 1. The summed E-state index contributed by atoms with van der Waals surface area (Å²) in [5.41, 5.74) is 1.29. The lowest BCUT2D eigenvalue weighted by molar-refractivity contribution is -0.122. The molecule has 1 saturated heterocycles. The number of thioether (sulfide) groups is 1. The van der Waals surface area contributed by atoms with Gasteiger partial charge >= 0.3 is 0 Å². The number of nitrogens with one attached hydrogen (secondary N) is 1. The number of halogens is 2. The van der Waals surface area contributed by atoms with E-state index in [4.69, 9.17) is 44.9 Å². The lowest BCUT2D eigenvalue weighted by atomic mass is 10.2. The van der Waals surface area contributed by atoms with E-state index in [9.17, 15) is 9.59 Å². The van der Waals surface area contributed by atoms with Gasteiger partial charge in [-0.15, -0.1) is 0 Å². The average Bonchev–Trinajstić information content (AvgIpc) is 3.24. The van der Waals surface area contributed by atoms with E-state index in [0.717, 1.165) is 5.56 Å². The second kappa shape index (κ2) is 8.85. The van der Waals surface area contributed by atoms with E-state index in [1.807, 2.05) is 6.07 Å². The quantitative estimate of drug-likeness (QED) is 0.482. The van der Waals surface area contributed by atoms with Crippen LogP contribution in [0.5, 0.6) is 11.5 Å². The highest BCUT2D eigenvalue weighted by molar-refractivity contribution is 8.26. The maximum atomic E-state index is 12.7. The Balaban J connectivity index is 1.38. The molecule has 1 N–H and O–H groups in total. The molecule has 2 amide bonds. The second-order valence-electron chi connectivity index (χ2n) is 6.40. The van der Waals surface area contributed by atoms with Crippen molar-refractivity contribution >= 4 is 75.1 Å². The van der Waals surface area contributed by atoms with Gasteiger partial charge in [0.25, 0.3) is 5.91 Å². The minimum absolute atomic E-state index is 0.0773. The first-order valence-corrected chi connectivity index (χ1v) is 10.8. The van der Waals surface area contributed by atoms with Crippen molar-refractivity contribution in [1.29, 1.82) is 0 Å². The third kappa shape index (κ3) is 4.73. The largest absolute Gasteiger partial charge is 0.454 e. The molecule has 0 unspecified atom stereocenters. The van der Waals surface area contributed by atoms with Gasteiger partial charge in [-0.3, -0.25) is 14.5 Å². The molecule has 0 radical (unpaired) electrons. The standard InChI is InChI=1S/C20H14Cl2N2O4S2/c21-12-7-13(22)9-14(8-12)23-18(25)3-4-24-19(26)17(30-20(24)29)6-11-1-2-15-16(5-11)28-10-27-15/h1-2,5-9H,3-4,10H2,(H,23,25). The van der Waals surface area contributed by atoms with E-state index in [1.54, 1.807) is 36.4 Å². The van der Waals surface area contributed by atoms with E-state index in [0.29, 0.717) is 36.5 Å². The minimum atomic E-state index is -0.276. The van der Waals surface area contributed by atoms with Crippen molar-refractivity contribution in [2.45, 2.75) is 6.42 Å². The second-order valence-corrected chi connectivity index (χ2v) is 8.95. The van der Waals surface area contributed by atoms with E-state index >= 15 is 0 Å². The summed E-state index contributed by atoms with van der Waals surface area (Å²) in [5.74, 6) is 0.798. The van der Waals surface area contributed by atoms with Gasteiger partial charge in [-0.2, -0.15) is 0 Å². The molecule has 2 heterocycles. The van der Waals surface area contributed by atoms with Crippen LogP contribution in [-0.2, 0) is 9.59 Å². The van der Waals surface area contributed by atoms with Crippen LogP contribution in [0.4, 0.5) is 5.69 Å². The highest BCUT2D eigenvalue weighted by atomic mass is 35.5. The van der Waals surface area contributed by atoms with Crippen LogP contribution < -0.4 is 14.8 Å².